The maximum Gasteiger partial charge on any atom is 0.249 e. The van der Waals surface area contributed by atoms with Gasteiger partial charge in [-0.3, -0.25) is 9.48 Å². The summed E-state index contributed by atoms with van der Waals surface area (Å²) in [6, 6.07) is -0.00238. The highest BCUT2D eigenvalue weighted by Crippen LogP contribution is 2.26. The lowest BCUT2D eigenvalue weighted by molar-refractivity contribution is -0.137. The lowest BCUT2D eigenvalue weighted by atomic mass is 10.0. The van der Waals surface area contributed by atoms with Crippen LogP contribution in [0, 0.1) is 13.8 Å². The third-order valence-corrected chi connectivity index (χ3v) is 4.96. The van der Waals surface area contributed by atoms with Gasteiger partial charge in [0.25, 0.3) is 0 Å². The van der Waals surface area contributed by atoms with E-state index in [2.05, 4.69) is 24.3 Å². The third kappa shape index (κ3) is 4.14. The molecule has 5 heteroatoms. The molecule has 1 fully saturated rings. The molecule has 1 heterocycles. The number of nitrogens with one attached hydrogen (secondary N) is 1. The van der Waals surface area contributed by atoms with Gasteiger partial charge < -0.3 is 10.1 Å². The summed E-state index contributed by atoms with van der Waals surface area (Å²) in [7, 11) is 1.94. The number of carbonyl (C=O) groups is 1. The number of hydrogen-bond donors (Lipinski definition) is 1. The van der Waals surface area contributed by atoms with E-state index in [4.69, 9.17) is 4.74 Å². The van der Waals surface area contributed by atoms with Crippen molar-refractivity contribution in [3.05, 3.63) is 17.0 Å². The molecule has 0 unspecified atom stereocenters. The second-order valence-corrected chi connectivity index (χ2v) is 6.62. The van der Waals surface area contributed by atoms with Gasteiger partial charge in [0.15, 0.2) is 0 Å². The minimum absolute atomic E-state index is 0.00238. The third-order valence-electron chi connectivity index (χ3n) is 4.96. The molecule has 1 aromatic rings. The van der Waals surface area contributed by atoms with Crippen molar-refractivity contribution in [1.29, 1.82) is 0 Å². The summed E-state index contributed by atoms with van der Waals surface area (Å²) in [5.74, 6) is 0.00824. The molecule has 2 rings (SSSR count). The first-order valence-electron chi connectivity index (χ1n) is 8.93. The van der Waals surface area contributed by atoms with E-state index < -0.39 is 0 Å². The predicted octanol–water partition coefficient (Wildman–Crippen LogP) is 3.34. The Kier molecular flexibility index (Phi) is 6.22. The Balaban J connectivity index is 2.05. The molecule has 0 radical (unpaired) electrons. The predicted molar refractivity (Wildman–Crippen MR) is 91.3 cm³/mol. The molecule has 0 saturated heterocycles. The summed E-state index contributed by atoms with van der Waals surface area (Å²) in [6.07, 6.45) is 6.08. The van der Waals surface area contributed by atoms with Crippen LogP contribution in [0.3, 0.4) is 0 Å². The fourth-order valence-electron chi connectivity index (χ4n) is 3.54. The average Bonchev–Trinajstić information content (AvgIpc) is 3.12. The van der Waals surface area contributed by atoms with E-state index in [1.54, 1.807) is 0 Å². The topological polar surface area (TPSA) is 56.1 Å². The van der Waals surface area contributed by atoms with Crippen LogP contribution in [0.1, 0.15) is 75.4 Å². The number of amides is 1. The van der Waals surface area contributed by atoms with Gasteiger partial charge in [-0.05, 0) is 39.5 Å². The highest BCUT2D eigenvalue weighted by atomic mass is 16.5. The van der Waals surface area contributed by atoms with Crippen LogP contribution >= 0.6 is 0 Å². The average molecular weight is 321 g/mol. The molecule has 0 aromatic carbocycles. The second kappa shape index (κ2) is 7.95. The van der Waals surface area contributed by atoms with Gasteiger partial charge in [-0.15, -0.1) is 0 Å². The quantitative estimate of drug-likeness (QED) is 0.838. The Labute approximate surface area is 139 Å². The Hall–Kier alpha value is -1.36. The molecular formula is C18H31N3O2. The molecule has 0 spiro atoms. The van der Waals surface area contributed by atoms with Crippen LogP contribution in [-0.2, 0) is 16.6 Å². The van der Waals surface area contributed by atoms with Gasteiger partial charge in [0.1, 0.15) is 6.10 Å². The van der Waals surface area contributed by atoms with Crippen molar-refractivity contribution in [3.8, 4) is 0 Å². The standard InChI is InChI=1S/C18H31N3O2/c1-6-15(17-12(3)20-21(5)13(17)4)19-18(22)16(7-2)23-14-10-8-9-11-14/h14-16H,6-11H2,1-5H3,(H,19,22)/t15-,16+/m0/s1. The SMILES string of the molecule is CC[C@H](NC(=O)[C@@H](CC)OC1CCCC1)c1c(C)nn(C)c1C. The molecule has 130 valence electrons. The summed E-state index contributed by atoms with van der Waals surface area (Å²) < 4.78 is 7.92. The van der Waals surface area contributed by atoms with Crippen LogP contribution in [0.25, 0.3) is 0 Å². The molecule has 0 bridgehead atoms. The maximum atomic E-state index is 12.7. The zero-order chi connectivity index (χ0) is 17.0. The molecule has 1 N–H and O–H groups in total. The number of aromatic nitrogens is 2. The number of nitrogens with zero attached hydrogens (tertiary/aromatic N) is 2. The number of rotatable bonds is 7. The molecular weight excluding hydrogens is 290 g/mol. The molecule has 1 aromatic heterocycles. The molecule has 23 heavy (non-hydrogen) atoms. The van der Waals surface area contributed by atoms with Gasteiger partial charge in [0.05, 0.1) is 17.8 Å². The van der Waals surface area contributed by atoms with Gasteiger partial charge >= 0.3 is 0 Å². The first-order valence-corrected chi connectivity index (χ1v) is 8.93. The van der Waals surface area contributed by atoms with Crippen LogP contribution in [0.2, 0.25) is 0 Å². The van der Waals surface area contributed by atoms with E-state index in [9.17, 15) is 4.79 Å². The Bertz CT molecular complexity index is 533. The van der Waals surface area contributed by atoms with Gasteiger partial charge in [-0.2, -0.15) is 5.10 Å². The van der Waals surface area contributed by atoms with Crippen molar-refractivity contribution in [1.82, 2.24) is 15.1 Å². The number of aryl methyl sites for hydroxylation is 2. The summed E-state index contributed by atoms with van der Waals surface area (Å²) in [4.78, 5) is 12.7. The molecule has 1 aliphatic rings. The molecule has 2 atom stereocenters. The first-order chi connectivity index (χ1) is 11.0. The Morgan fingerprint density at radius 1 is 1.30 bits per heavy atom. The lowest BCUT2D eigenvalue weighted by Gasteiger charge is -2.24. The number of ether oxygens (including phenoxy) is 1. The fourth-order valence-corrected chi connectivity index (χ4v) is 3.54. The second-order valence-electron chi connectivity index (χ2n) is 6.62. The van der Waals surface area contributed by atoms with E-state index in [0.29, 0.717) is 6.42 Å². The molecule has 5 nitrogen and oxygen atoms in total. The Morgan fingerprint density at radius 3 is 2.43 bits per heavy atom. The minimum atomic E-state index is -0.343. The van der Waals surface area contributed by atoms with Gasteiger partial charge in [0, 0.05) is 18.3 Å². The van der Waals surface area contributed by atoms with Crippen molar-refractivity contribution >= 4 is 5.91 Å². The highest BCUT2D eigenvalue weighted by molar-refractivity contribution is 5.81. The zero-order valence-electron chi connectivity index (χ0n) is 15.2. The van der Waals surface area contributed by atoms with Crippen LogP contribution in [0.5, 0.6) is 0 Å². The van der Waals surface area contributed by atoms with Crippen molar-refractivity contribution in [2.45, 2.75) is 84.5 Å². The fraction of sp³-hybridized carbons (Fsp3) is 0.778. The van der Waals surface area contributed by atoms with Gasteiger partial charge in [-0.1, -0.05) is 26.7 Å². The summed E-state index contributed by atoms with van der Waals surface area (Å²) >= 11 is 0. The van der Waals surface area contributed by atoms with Gasteiger partial charge in [-0.25, -0.2) is 0 Å². The van der Waals surface area contributed by atoms with Crippen LogP contribution < -0.4 is 5.32 Å². The van der Waals surface area contributed by atoms with E-state index in [0.717, 1.165) is 36.2 Å². The van der Waals surface area contributed by atoms with Crippen molar-refractivity contribution < 1.29 is 9.53 Å². The molecule has 0 aliphatic heterocycles. The van der Waals surface area contributed by atoms with Crippen LogP contribution in [0.4, 0.5) is 0 Å². The van der Waals surface area contributed by atoms with Crippen molar-refractivity contribution in [3.63, 3.8) is 0 Å². The Morgan fingerprint density at radius 2 is 1.96 bits per heavy atom. The summed E-state index contributed by atoms with van der Waals surface area (Å²) in [5, 5.41) is 7.65. The first kappa shape index (κ1) is 18.0. The summed E-state index contributed by atoms with van der Waals surface area (Å²) in [5.41, 5.74) is 3.24. The lowest BCUT2D eigenvalue weighted by Crippen LogP contribution is -2.40. The molecule has 1 amide bonds. The molecule has 1 aliphatic carbocycles. The smallest absolute Gasteiger partial charge is 0.249 e. The highest BCUT2D eigenvalue weighted by Gasteiger charge is 2.27. The normalized spacial score (nSPS) is 18.1. The molecule has 1 saturated carbocycles. The van der Waals surface area contributed by atoms with E-state index in [1.807, 2.05) is 25.6 Å². The van der Waals surface area contributed by atoms with Crippen molar-refractivity contribution in [2.75, 3.05) is 0 Å². The monoisotopic (exact) mass is 321 g/mol. The van der Waals surface area contributed by atoms with Crippen LogP contribution in [-0.4, -0.2) is 27.9 Å². The maximum absolute atomic E-state index is 12.7. The minimum Gasteiger partial charge on any atom is -0.365 e. The zero-order valence-corrected chi connectivity index (χ0v) is 15.2. The van der Waals surface area contributed by atoms with E-state index in [1.165, 1.54) is 12.8 Å². The van der Waals surface area contributed by atoms with E-state index in [-0.39, 0.29) is 24.2 Å². The number of carbonyl (C=O) groups excluding carboxylic acids is 1. The number of hydrogen-bond acceptors (Lipinski definition) is 3. The van der Waals surface area contributed by atoms with Gasteiger partial charge in [0.2, 0.25) is 5.91 Å². The van der Waals surface area contributed by atoms with Crippen molar-refractivity contribution in [2.24, 2.45) is 7.05 Å². The largest absolute Gasteiger partial charge is 0.365 e. The van der Waals surface area contributed by atoms with E-state index >= 15 is 0 Å². The van der Waals surface area contributed by atoms with Crippen LogP contribution in [0.15, 0.2) is 0 Å². The summed E-state index contributed by atoms with van der Waals surface area (Å²) in [6.45, 7) is 8.16.